The van der Waals surface area contributed by atoms with Crippen molar-refractivity contribution >= 4 is 5.69 Å². The Morgan fingerprint density at radius 3 is 1.94 bits per heavy atom. The normalized spacial score (nSPS) is 10.8. The van der Waals surface area contributed by atoms with Gasteiger partial charge >= 0.3 is 0 Å². The Kier molecular flexibility index (Phi) is 4.94. The molecule has 0 aliphatic rings. The van der Waals surface area contributed by atoms with Gasteiger partial charge in [0.1, 0.15) is 12.2 Å². The second-order valence-corrected chi connectivity index (χ2v) is 5.16. The van der Waals surface area contributed by atoms with Crippen LogP contribution in [0.4, 0.5) is 5.69 Å². The topological polar surface area (TPSA) is 0 Å². The first-order valence-corrected chi connectivity index (χ1v) is 6.02. The lowest BCUT2D eigenvalue weighted by molar-refractivity contribution is -0.00000379. The minimum atomic E-state index is 0. The number of nitrogens with zero attached hydrogens (tertiary/aromatic N) is 1. The van der Waals surface area contributed by atoms with Gasteiger partial charge in [-0.05, 0) is 19.1 Å². The maximum absolute atomic E-state index is 2.25. The predicted octanol–water partition coefficient (Wildman–Crippen LogP) is 0.766. The van der Waals surface area contributed by atoms with Crippen LogP contribution in [0.25, 0.3) is 0 Å². The van der Waals surface area contributed by atoms with Crippen molar-refractivity contribution in [3.63, 3.8) is 0 Å². The summed E-state index contributed by atoms with van der Waals surface area (Å²) in [5.74, 6) is 0. The van der Waals surface area contributed by atoms with E-state index in [-0.39, 0.29) is 12.4 Å². The molecule has 0 heterocycles. The largest absolute Gasteiger partial charge is 1.00 e. The molecule has 0 fully saturated rings. The molecule has 0 amide bonds. The number of para-hydroxylation sites is 1. The summed E-state index contributed by atoms with van der Waals surface area (Å²) < 4.78 is 0.879. The molecule has 0 N–H and O–H groups in total. The molecule has 2 aromatic rings. The number of quaternary nitrogens is 1. The first-order valence-electron chi connectivity index (χ1n) is 6.02. The number of rotatable bonds is 3. The van der Waals surface area contributed by atoms with E-state index in [0.29, 0.717) is 0 Å². The van der Waals surface area contributed by atoms with E-state index >= 15 is 0 Å². The van der Waals surface area contributed by atoms with Gasteiger partial charge in [-0.1, -0.05) is 48.0 Å². The van der Waals surface area contributed by atoms with Gasteiger partial charge in [0.05, 0.1) is 14.1 Å². The van der Waals surface area contributed by atoms with E-state index in [1.807, 2.05) is 0 Å². The van der Waals surface area contributed by atoms with Gasteiger partial charge in [-0.2, -0.15) is 0 Å². The number of halogens is 1. The van der Waals surface area contributed by atoms with Crippen LogP contribution in [0.15, 0.2) is 54.6 Å². The molecule has 0 saturated carbocycles. The van der Waals surface area contributed by atoms with E-state index in [1.165, 1.54) is 16.8 Å². The van der Waals surface area contributed by atoms with Crippen LogP contribution in [0.3, 0.4) is 0 Å². The number of hydrogen-bond acceptors (Lipinski definition) is 0. The second kappa shape index (κ2) is 6.03. The average molecular weight is 262 g/mol. The molecule has 0 saturated heterocycles. The third-order valence-corrected chi connectivity index (χ3v) is 3.15. The van der Waals surface area contributed by atoms with Gasteiger partial charge in [-0.15, -0.1) is 0 Å². The Balaban J connectivity index is 0.00000162. The van der Waals surface area contributed by atoms with Crippen LogP contribution in [0, 0.1) is 6.92 Å². The van der Waals surface area contributed by atoms with Gasteiger partial charge in [0, 0.05) is 5.56 Å². The summed E-state index contributed by atoms with van der Waals surface area (Å²) in [4.78, 5) is 0. The highest BCUT2D eigenvalue weighted by Gasteiger charge is 2.18. The van der Waals surface area contributed by atoms with Crippen LogP contribution < -0.4 is 16.9 Å². The van der Waals surface area contributed by atoms with Crippen molar-refractivity contribution in [1.82, 2.24) is 4.48 Å². The summed E-state index contributed by atoms with van der Waals surface area (Å²) in [5.41, 5.74) is 4.04. The Morgan fingerprint density at radius 2 is 1.39 bits per heavy atom. The fourth-order valence-electron chi connectivity index (χ4n) is 2.07. The molecule has 0 radical (unpaired) electrons. The van der Waals surface area contributed by atoms with Gasteiger partial charge in [0.25, 0.3) is 0 Å². The first-order chi connectivity index (χ1) is 8.08. The molecule has 0 aliphatic carbocycles. The van der Waals surface area contributed by atoms with Crippen molar-refractivity contribution in [2.75, 3.05) is 14.1 Å². The monoisotopic (exact) mass is 261 g/mol. The predicted molar refractivity (Wildman–Crippen MR) is 75.0 cm³/mol. The molecule has 0 bridgehead atoms. The zero-order chi connectivity index (χ0) is 12.3. The van der Waals surface area contributed by atoms with E-state index in [2.05, 4.69) is 75.6 Å². The van der Waals surface area contributed by atoms with Gasteiger partial charge in [-0.3, -0.25) is 4.48 Å². The van der Waals surface area contributed by atoms with Gasteiger partial charge in [-0.25, -0.2) is 0 Å². The zero-order valence-electron chi connectivity index (χ0n) is 11.2. The third-order valence-electron chi connectivity index (χ3n) is 3.15. The maximum Gasteiger partial charge on any atom is 0.132 e. The van der Waals surface area contributed by atoms with E-state index in [4.69, 9.17) is 0 Å². The molecular weight excluding hydrogens is 242 g/mol. The van der Waals surface area contributed by atoms with Crippen LogP contribution in [-0.2, 0) is 6.54 Å². The Morgan fingerprint density at radius 1 is 0.833 bits per heavy atom. The van der Waals surface area contributed by atoms with Gasteiger partial charge in [0.2, 0.25) is 0 Å². The van der Waals surface area contributed by atoms with Crippen molar-refractivity contribution in [1.29, 1.82) is 0 Å². The zero-order valence-corrected chi connectivity index (χ0v) is 12.0. The van der Waals surface area contributed by atoms with Crippen molar-refractivity contribution in [2.24, 2.45) is 0 Å². The number of aryl methyl sites for hydroxylation is 1. The molecule has 0 aliphatic heterocycles. The lowest BCUT2D eigenvalue weighted by atomic mass is 10.1. The highest BCUT2D eigenvalue weighted by atomic mass is 35.5. The summed E-state index contributed by atoms with van der Waals surface area (Å²) in [6, 6.07) is 19.4. The van der Waals surface area contributed by atoms with Crippen molar-refractivity contribution in [2.45, 2.75) is 13.5 Å². The summed E-state index contributed by atoms with van der Waals surface area (Å²) in [7, 11) is 4.49. The third kappa shape index (κ3) is 3.59. The Bertz CT molecular complexity index is 474. The number of benzene rings is 2. The van der Waals surface area contributed by atoms with E-state index in [0.717, 1.165) is 11.0 Å². The fourth-order valence-corrected chi connectivity index (χ4v) is 2.07. The summed E-state index contributed by atoms with van der Waals surface area (Å²) in [5, 5.41) is 0. The molecule has 0 aromatic heterocycles. The van der Waals surface area contributed by atoms with Crippen molar-refractivity contribution in [3.8, 4) is 0 Å². The highest BCUT2D eigenvalue weighted by molar-refractivity contribution is 5.42. The molecule has 96 valence electrons. The fraction of sp³-hybridized carbons (Fsp3) is 0.250. The van der Waals surface area contributed by atoms with E-state index < -0.39 is 0 Å². The Labute approximate surface area is 116 Å². The molecule has 18 heavy (non-hydrogen) atoms. The van der Waals surface area contributed by atoms with Crippen LogP contribution in [0.1, 0.15) is 11.1 Å². The quantitative estimate of drug-likeness (QED) is 0.716. The standard InChI is InChI=1S/C16H20N.ClH/c1-14-9-11-15(12-10-14)13-17(2,3)16-7-5-4-6-8-16;/h4-12H,13H2,1-3H3;1H/q+1;/p-1. The lowest BCUT2D eigenvalue weighted by Gasteiger charge is -2.29. The minimum Gasteiger partial charge on any atom is -1.00 e. The molecule has 2 rings (SSSR count). The molecule has 2 aromatic carbocycles. The number of hydrogen-bond donors (Lipinski definition) is 0. The van der Waals surface area contributed by atoms with Crippen molar-refractivity contribution < 1.29 is 12.4 Å². The molecular formula is C16H20ClN. The maximum atomic E-state index is 2.25. The average Bonchev–Trinajstić information content (AvgIpc) is 2.33. The smallest absolute Gasteiger partial charge is 0.132 e. The van der Waals surface area contributed by atoms with E-state index in [1.54, 1.807) is 0 Å². The van der Waals surface area contributed by atoms with E-state index in [9.17, 15) is 0 Å². The summed E-state index contributed by atoms with van der Waals surface area (Å²) in [6.07, 6.45) is 0. The van der Waals surface area contributed by atoms with Gasteiger partial charge in [0.15, 0.2) is 0 Å². The minimum absolute atomic E-state index is 0. The second-order valence-electron chi connectivity index (χ2n) is 5.16. The molecule has 0 spiro atoms. The molecule has 2 heteroatoms. The van der Waals surface area contributed by atoms with Crippen LogP contribution in [0.2, 0.25) is 0 Å². The van der Waals surface area contributed by atoms with Gasteiger partial charge < -0.3 is 12.4 Å². The summed E-state index contributed by atoms with van der Waals surface area (Å²) >= 11 is 0. The lowest BCUT2D eigenvalue weighted by Crippen LogP contribution is -3.00. The first kappa shape index (κ1) is 14.7. The molecule has 1 nitrogen and oxygen atoms in total. The van der Waals surface area contributed by atoms with Crippen LogP contribution in [0.5, 0.6) is 0 Å². The molecule has 0 unspecified atom stereocenters. The van der Waals surface area contributed by atoms with Crippen LogP contribution in [-0.4, -0.2) is 14.1 Å². The summed E-state index contributed by atoms with van der Waals surface area (Å²) in [6.45, 7) is 3.14. The SMILES string of the molecule is Cc1ccc(C[N+](C)(C)c2ccccc2)cc1.[Cl-]. The highest BCUT2D eigenvalue weighted by Crippen LogP contribution is 2.21. The Hall–Kier alpha value is -1.31. The molecule has 0 atom stereocenters. The van der Waals surface area contributed by atoms with Crippen molar-refractivity contribution in [3.05, 3.63) is 65.7 Å². The van der Waals surface area contributed by atoms with Crippen LogP contribution >= 0.6 is 0 Å².